The van der Waals surface area contributed by atoms with Gasteiger partial charge in [-0.2, -0.15) is 0 Å². The lowest BCUT2D eigenvalue weighted by molar-refractivity contribution is -0.187. The lowest BCUT2D eigenvalue weighted by Crippen LogP contribution is -2.46. The summed E-state index contributed by atoms with van der Waals surface area (Å²) in [6.07, 6.45) is 8.54. The van der Waals surface area contributed by atoms with Gasteiger partial charge in [-0.3, -0.25) is 0 Å². The van der Waals surface area contributed by atoms with E-state index in [0.29, 0.717) is 33.3 Å². The van der Waals surface area contributed by atoms with E-state index >= 15 is 0 Å². The molecule has 3 fully saturated rings. The molecule has 0 amide bonds. The van der Waals surface area contributed by atoms with Gasteiger partial charge in [0.05, 0.1) is 13.2 Å². The molecule has 0 aromatic heterocycles. The van der Waals surface area contributed by atoms with Crippen LogP contribution in [0.5, 0.6) is 0 Å². The maximum atomic E-state index is 6.09. The molecule has 1 heterocycles. The minimum atomic E-state index is -0.306. The summed E-state index contributed by atoms with van der Waals surface area (Å²) in [4.78, 5) is 1.13. The van der Waals surface area contributed by atoms with Gasteiger partial charge >= 0.3 is 0 Å². The average Bonchev–Trinajstić information content (AvgIpc) is 3.13. The maximum absolute atomic E-state index is 6.09. The molecule has 2 saturated carbocycles. The predicted molar refractivity (Wildman–Crippen MR) is 79.4 cm³/mol. The normalized spacial score (nSPS) is 55.9. The monoisotopic (exact) mass is 386 g/mol. The molecule has 1 saturated heterocycles. The number of hydrogen-bond acceptors (Lipinski definition) is 2. The summed E-state index contributed by atoms with van der Waals surface area (Å²) in [5, 5.41) is 0. The highest BCUT2D eigenvalue weighted by Gasteiger charge is 2.66. The molecule has 1 aliphatic heterocycles. The molecule has 4 heteroatoms. The summed E-state index contributed by atoms with van der Waals surface area (Å²) in [6.45, 7) is 1.52. The Kier molecular flexibility index (Phi) is 2.37. The molecule has 0 aromatic carbocycles. The van der Waals surface area contributed by atoms with Crippen LogP contribution in [0.25, 0.3) is 0 Å². The SMILES string of the molecule is Br[C@@H]1[C@H](Br)C2=C[C@@H]3[C@H](C[C@H]21)[C@H]1C=C[C@H]3C12OCCO2. The van der Waals surface area contributed by atoms with Crippen molar-refractivity contribution in [2.24, 2.45) is 29.6 Å². The van der Waals surface area contributed by atoms with Crippen LogP contribution in [0, 0.1) is 29.6 Å². The fraction of sp³-hybridized carbons (Fsp3) is 0.733. The molecule has 1 spiro atoms. The van der Waals surface area contributed by atoms with Gasteiger partial charge in [-0.25, -0.2) is 0 Å². The van der Waals surface area contributed by atoms with Crippen molar-refractivity contribution in [2.75, 3.05) is 13.2 Å². The second kappa shape index (κ2) is 3.76. The van der Waals surface area contributed by atoms with Crippen molar-refractivity contribution in [1.29, 1.82) is 0 Å². The van der Waals surface area contributed by atoms with Crippen LogP contribution in [0.15, 0.2) is 23.8 Å². The Morgan fingerprint density at radius 2 is 1.84 bits per heavy atom. The number of ether oxygens (including phenoxy) is 2. The van der Waals surface area contributed by atoms with Crippen molar-refractivity contribution in [3.8, 4) is 0 Å². The minimum Gasteiger partial charge on any atom is -0.346 e. The second-order valence-electron chi connectivity index (χ2n) is 6.45. The van der Waals surface area contributed by atoms with E-state index in [1.807, 2.05) is 0 Å². The molecule has 0 N–H and O–H groups in total. The molecule has 19 heavy (non-hydrogen) atoms. The Balaban J connectivity index is 1.56. The number of fused-ring (bicyclic) bond motifs is 4. The topological polar surface area (TPSA) is 18.5 Å². The fourth-order valence-corrected chi connectivity index (χ4v) is 6.77. The van der Waals surface area contributed by atoms with E-state index in [1.54, 1.807) is 5.57 Å². The highest BCUT2D eigenvalue weighted by molar-refractivity contribution is 9.12. The molecule has 7 atom stereocenters. The lowest BCUT2D eigenvalue weighted by atomic mass is 9.63. The van der Waals surface area contributed by atoms with Gasteiger partial charge in [0.25, 0.3) is 0 Å². The van der Waals surface area contributed by atoms with E-state index in [1.165, 1.54) is 6.42 Å². The maximum Gasteiger partial charge on any atom is 0.181 e. The van der Waals surface area contributed by atoms with E-state index in [9.17, 15) is 0 Å². The quantitative estimate of drug-likeness (QED) is 0.469. The zero-order valence-electron chi connectivity index (χ0n) is 10.5. The first-order valence-electron chi connectivity index (χ1n) is 7.18. The highest BCUT2D eigenvalue weighted by atomic mass is 79.9. The van der Waals surface area contributed by atoms with Gasteiger partial charge in [0.2, 0.25) is 0 Å². The van der Waals surface area contributed by atoms with Crippen LogP contribution in [0.2, 0.25) is 0 Å². The van der Waals surface area contributed by atoms with Gasteiger partial charge in [-0.15, -0.1) is 0 Å². The van der Waals surface area contributed by atoms with Crippen LogP contribution in [0.4, 0.5) is 0 Å². The molecule has 5 rings (SSSR count). The number of alkyl halides is 2. The van der Waals surface area contributed by atoms with Crippen LogP contribution in [-0.4, -0.2) is 28.7 Å². The molecule has 2 bridgehead atoms. The first-order valence-corrected chi connectivity index (χ1v) is 9.01. The first kappa shape index (κ1) is 12.0. The molecule has 5 aliphatic rings. The summed E-state index contributed by atoms with van der Waals surface area (Å²) in [5.74, 6) is 2.65. The van der Waals surface area contributed by atoms with Crippen molar-refractivity contribution in [2.45, 2.75) is 21.9 Å². The van der Waals surface area contributed by atoms with Crippen LogP contribution in [0.1, 0.15) is 6.42 Å². The Bertz CT molecular complexity index is 494. The van der Waals surface area contributed by atoms with Crippen LogP contribution in [0.3, 0.4) is 0 Å². The van der Waals surface area contributed by atoms with Gasteiger partial charge in [0.15, 0.2) is 5.79 Å². The van der Waals surface area contributed by atoms with E-state index in [-0.39, 0.29) is 5.79 Å². The molecular formula is C15H16Br2O2. The minimum absolute atomic E-state index is 0.306. The number of rotatable bonds is 0. The number of hydrogen-bond donors (Lipinski definition) is 0. The zero-order valence-corrected chi connectivity index (χ0v) is 13.6. The largest absolute Gasteiger partial charge is 0.346 e. The van der Waals surface area contributed by atoms with Crippen molar-refractivity contribution < 1.29 is 9.47 Å². The lowest BCUT2D eigenvalue weighted by Gasteiger charge is -2.48. The average molecular weight is 388 g/mol. The summed E-state index contributed by atoms with van der Waals surface area (Å²) >= 11 is 7.62. The molecule has 0 unspecified atom stereocenters. The van der Waals surface area contributed by atoms with E-state index < -0.39 is 0 Å². The summed E-state index contributed by atoms with van der Waals surface area (Å²) in [5.41, 5.74) is 1.61. The molecule has 0 aromatic rings. The Labute approximate surface area is 129 Å². The van der Waals surface area contributed by atoms with Crippen molar-refractivity contribution in [1.82, 2.24) is 0 Å². The van der Waals surface area contributed by atoms with Crippen molar-refractivity contribution >= 4 is 31.9 Å². The highest BCUT2D eigenvalue weighted by Crippen LogP contribution is 2.65. The van der Waals surface area contributed by atoms with Crippen LogP contribution in [-0.2, 0) is 9.47 Å². The smallest absolute Gasteiger partial charge is 0.181 e. The van der Waals surface area contributed by atoms with Gasteiger partial charge in [0.1, 0.15) is 0 Å². The van der Waals surface area contributed by atoms with Gasteiger partial charge < -0.3 is 9.47 Å². The van der Waals surface area contributed by atoms with E-state index in [0.717, 1.165) is 19.1 Å². The zero-order chi connectivity index (χ0) is 12.8. The third kappa shape index (κ3) is 1.26. The van der Waals surface area contributed by atoms with Crippen molar-refractivity contribution in [3.63, 3.8) is 0 Å². The molecule has 2 nitrogen and oxygen atoms in total. The Morgan fingerprint density at radius 1 is 1.11 bits per heavy atom. The standard InChI is InChI=1S/C15H16Br2O2/c16-13-9-5-7-8(6-10(9)14(13)17)12-2-1-11(7)15(12)18-3-4-19-15/h1-2,5,7-8,10-14H,3-4,6H2/t7-,8+,10-,11-,12-,13-,14+/m1/s1. The predicted octanol–water partition coefficient (Wildman–Crippen LogP) is 3.26. The number of halogens is 2. The first-order chi connectivity index (χ1) is 9.22. The van der Waals surface area contributed by atoms with Crippen LogP contribution >= 0.6 is 31.9 Å². The third-order valence-electron chi connectivity index (χ3n) is 5.89. The molecular weight excluding hydrogens is 372 g/mol. The molecule has 102 valence electrons. The third-order valence-corrected chi connectivity index (χ3v) is 8.86. The van der Waals surface area contributed by atoms with Gasteiger partial charge in [-0.05, 0) is 24.2 Å². The second-order valence-corrected chi connectivity index (χ2v) is 8.49. The Morgan fingerprint density at radius 3 is 2.63 bits per heavy atom. The molecule has 4 aliphatic carbocycles. The van der Waals surface area contributed by atoms with Gasteiger partial charge in [-0.1, -0.05) is 55.7 Å². The van der Waals surface area contributed by atoms with Crippen LogP contribution < -0.4 is 0 Å². The van der Waals surface area contributed by atoms with Gasteiger partial charge in [0, 0.05) is 21.5 Å². The van der Waals surface area contributed by atoms with E-state index in [2.05, 4.69) is 50.1 Å². The van der Waals surface area contributed by atoms with Crippen molar-refractivity contribution in [3.05, 3.63) is 23.8 Å². The van der Waals surface area contributed by atoms with E-state index in [4.69, 9.17) is 9.47 Å². The molecule has 0 radical (unpaired) electrons. The summed E-state index contributed by atoms with van der Waals surface area (Å²) < 4.78 is 12.2. The number of allylic oxidation sites excluding steroid dienone is 2. The Hall–Kier alpha value is 0.360. The summed E-state index contributed by atoms with van der Waals surface area (Å²) in [7, 11) is 0. The summed E-state index contributed by atoms with van der Waals surface area (Å²) in [6, 6.07) is 0. The fourth-order valence-electron chi connectivity index (χ4n) is 5.09.